The number of nitrogens with zero attached hydrogens (tertiary/aromatic N) is 5. The van der Waals surface area contributed by atoms with E-state index < -0.39 is 0 Å². The summed E-state index contributed by atoms with van der Waals surface area (Å²) in [5, 5.41) is 0. The molecule has 0 radical (unpaired) electrons. The molecular formula is C23H29N5O3. The van der Waals surface area contributed by atoms with Crippen LogP contribution in [0.2, 0.25) is 0 Å². The van der Waals surface area contributed by atoms with Gasteiger partial charge in [-0.05, 0) is 18.1 Å². The van der Waals surface area contributed by atoms with Crippen molar-refractivity contribution in [3.05, 3.63) is 53.9 Å². The zero-order valence-corrected chi connectivity index (χ0v) is 17.7. The maximum absolute atomic E-state index is 12.6. The number of carbonyl (C=O) groups is 1. The third-order valence-corrected chi connectivity index (χ3v) is 6.32. The van der Waals surface area contributed by atoms with Crippen LogP contribution in [0.3, 0.4) is 0 Å². The van der Waals surface area contributed by atoms with Gasteiger partial charge in [0, 0.05) is 45.5 Å². The van der Waals surface area contributed by atoms with Crippen molar-refractivity contribution >= 4 is 11.9 Å². The van der Waals surface area contributed by atoms with Crippen LogP contribution in [0.4, 0.5) is 5.95 Å². The van der Waals surface area contributed by atoms with E-state index in [0.29, 0.717) is 13.2 Å². The van der Waals surface area contributed by atoms with Gasteiger partial charge in [0.1, 0.15) is 6.61 Å². The molecule has 0 spiro atoms. The van der Waals surface area contributed by atoms with Gasteiger partial charge in [-0.2, -0.15) is 0 Å². The quantitative estimate of drug-likeness (QED) is 0.686. The van der Waals surface area contributed by atoms with Gasteiger partial charge in [-0.3, -0.25) is 9.69 Å². The lowest BCUT2D eigenvalue weighted by Gasteiger charge is -2.36. The number of morpholine rings is 2. The molecule has 2 aromatic rings. The smallest absolute Gasteiger partial charge is 0.248 e. The Labute approximate surface area is 182 Å². The molecule has 0 saturated carbocycles. The molecule has 5 rings (SSSR count). The summed E-state index contributed by atoms with van der Waals surface area (Å²) < 4.78 is 11.3. The molecule has 3 saturated heterocycles. The molecule has 0 N–H and O–H groups in total. The number of aromatic nitrogens is 2. The normalized spacial score (nSPS) is 24.5. The van der Waals surface area contributed by atoms with Gasteiger partial charge in [0.2, 0.25) is 11.9 Å². The predicted molar refractivity (Wildman–Crippen MR) is 116 cm³/mol. The highest BCUT2D eigenvalue weighted by atomic mass is 16.5. The average Bonchev–Trinajstić information content (AvgIpc) is 3.22. The molecule has 3 fully saturated rings. The van der Waals surface area contributed by atoms with E-state index in [1.807, 2.05) is 35.4 Å². The van der Waals surface area contributed by atoms with Crippen LogP contribution in [0.25, 0.3) is 0 Å². The Kier molecular flexibility index (Phi) is 6.11. The molecule has 0 aliphatic carbocycles. The highest BCUT2D eigenvalue weighted by Crippen LogP contribution is 2.25. The van der Waals surface area contributed by atoms with Crippen molar-refractivity contribution in [2.75, 3.05) is 57.4 Å². The van der Waals surface area contributed by atoms with E-state index in [2.05, 4.69) is 26.9 Å². The first-order valence-electron chi connectivity index (χ1n) is 11.1. The predicted octanol–water partition coefficient (Wildman–Crippen LogP) is 0.968. The maximum Gasteiger partial charge on any atom is 0.248 e. The Morgan fingerprint density at radius 1 is 1.06 bits per heavy atom. The van der Waals surface area contributed by atoms with Crippen molar-refractivity contribution in [2.45, 2.75) is 25.1 Å². The monoisotopic (exact) mass is 423 g/mol. The van der Waals surface area contributed by atoms with Gasteiger partial charge in [-0.25, -0.2) is 9.97 Å². The van der Waals surface area contributed by atoms with E-state index in [1.165, 1.54) is 5.56 Å². The largest absolute Gasteiger partial charge is 0.378 e. The van der Waals surface area contributed by atoms with Crippen LogP contribution in [-0.4, -0.2) is 90.4 Å². The van der Waals surface area contributed by atoms with Crippen molar-refractivity contribution in [3.63, 3.8) is 0 Å². The molecule has 3 aliphatic heterocycles. The lowest BCUT2D eigenvalue weighted by Crippen LogP contribution is -2.54. The summed E-state index contributed by atoms with van der Waals surface area (Å²) in [7, 11) is 0. The van der Waals surface area contributed by atoms with Gasteiger partial charge >= 0.3 is 0 Å². The highest BCUT2D eigenvalue weighted by Gasteiger charge is 2.42. The minimum absolute atomic E-state index is 0.0639. The minimum atomic E-state index is 0.0639. The van der Waals surface area contributed by atoms with Crippen molar-refractivity contribution < 1.29 is 14.3 Å². The van der Waals surface area contributed by atoms with Crippen LogP contribution in [0.1, 0.15) is 11.3 Å². The molecule has 0 bridgehead atoms. The fraction of sp³-hybridized carbons (Fsp3) is 0.522. The summed E-state index contributed by atoms with van der Waals surface area (Å²) in [5.74, 6) is 0.865. The fourth-order valence-electron chi connectivity index (χ4n) is 4.67. The maximum atomic E-state index is 12.6. The van der Waals surface area contributed by atoms with Gasteiger partial charge in [0.15, 0.2) is 0 Å². The Morgan fingerprint density at radius 2 is 1.90 bits per heavy atom. The minimum Gasteiger partial charge on any atom is -0.378 e. The van der Waals surface area contributed by atoms with Crippen molar-refractivity contribution in [2.24, 2.45) is 0 Å². The molecule has 2 atom stereocenters. The zero-order chi connectivity index (χ0) is 21.0. The highest BCUT2D eigenvalue weighted by molar-refractivity contribution is 5.78. The van der Waals surface area contributed by atoms with Crippen LogP contribution >= 0.6 is 0 Å². The van der Waals surface area contributed by atoms with Crippen LogP contribution in [0.5, 0.6) is 0 Å². The first-order valence-corrected chi connectivity index (χ1v) is 11.1. The summed E-state index contributed by atoms with van der Waals surface area (Å²) in [6, 6.07) is 12.4. The van der Waals surface area contributed by atoms with E-state index >= 15 is 0 Å². The third kappa shape index (κ3) is 4.71. The van der Waals surface area contributed by atoms with E-state index in [-0.39, 0.29) is 24.7 Å². The summed E-state index contributed by atoms with van der Waals surface area (Å²) in [6.45, 7) is 6.35. The average molecular weight is 424 g/mol. The van der Waals surface area contributed by atoms with Gasteiger partial charge < -0.3 is 19.3 Å². The van der Waals surface area contributed by atoms with Gasteiger partial charge in [-0.15, -0.1) is 0 Å². The summed E-state index contributed by atoms with van der Waals surface area (Å²) in [6.07, 6.45) is 2.77. The third-order valence-electron chi connectivity index (χ3n) is 6.32. The van der Waals surface area contributed by atoms with Crippen molar-refractivity contribution in [1.82, 2.24) is 19.8 Å². The number of fused-ring (bicyclic) bond motifs is 1. The first-order chi connectivity index (χ1) is 15.3. The summed E-state index contributed by atoms with van der Waals surface area (Å²) in [5.41, 5.74) is 2.25. The Hall–Kier alpha value is -2.55. The Bertz CT molecular complexity index is 890. The SMILES string of the molecule is O=C1CO[C@H]2CN(Cc3ccnc(N4CCOCC4)n3)C[C@@H]2N1CCc1ccccc1. The molecule has 1 amide bonds. The van der Waals surface area contributed by atoms with E-state index in [9.17, 15) is 4.79 Å². The molecule has 31 heavy (non-hydrogen) atoms. The van der Waals surface area contributed by atoms with Crippen LogP contribution < -0.4 is 4.90 Å². The molecule has 0 unspecified atom stereocenters. The number of carbonyl (C=O) groups excluding carboxylic acids is 1. The second-order valence-corrected chi connectivity index (χ2v) is 8.38. The topological polar surface area (TPSA) is 71.0 Å². The first kappa shape index (κ1) is 20.4. The number of hydrogen-bond donors (Lipinski definition) is 0. The summed E-state index contributed by atoms with van der Waals surface area (Å²) >= 11 is 0. The van der Waals surface area contributed by atoms with Crippen molar-refractivity contribution in [1.29, 1.82) is 0 Å². The van der Waals surface area contributed by atoms with Crippen LogP contribution in [0.15, 0.2) is 42.6 Å². The van der Waals surface area contributed by atoms with Crippen LogP contribution in [0, 0.1) is 0 Å². The van der Waals surface area contributed by atoms with Crippen molar-refractivity contribution in [3.8, 4) is 0 Å². The molecular weight excluding hydrogens is 394 g/mol. The Morgan fingerprint density at radius 3 is 2.74 bits per heavy atom. The standard InChI is InChI=1S/C23H29N5O3/c29-22-17-31-21-16-26(15-20(21)28(22)9-7-18-4-2-1-3-5-18)14-19-6-8-24-23(25-19)27-10-12-30-13-11-27/h1-6,8,20-21H,7,9-17H2/t20-,21-/m0/s1. The molecule has 1 aromatic heterocycles. The molecule has 8 nitrogen and oxygen atoms in total. The second kappa shape index (κ2) is 9.30. The van der Waals surface area contributed by atoms with Gasteiger partial charge in [0.25, 0.3) is 0 Å². The molecule has 8 heteroatoms. The van der Waals surface area contributed by atoms with Gasteiger partial charge in [0.05, 0.1) is 31.1 Å². The fourth-order valence-corrected chi connectivity index (χ4v) is 4.67. The van der Waals surface area contributed by atoms with E-state index in [0.717, 1.165) is 57.3 Å². The number of rotatable bonds is 6. The number of ether oxygens (including phenoxy) is 2. The van der Waals surface area contributed by atoms with Gasteiger partial charge in [-0.1, -0.05) is 30.3 Å². The summed E-state index contributed by atoms with van der Waals surface area (Å²) in [4.78, 5) is 28.4. The van der Waals surface area contributed by atoms with Crippen LogP contribution in [-0.2, 0) is 27.2 Å². The molecule has 3 aliphatic rings. The second-order valence-electron chi connectivity index (χ2n) is 8.38. The number of likely N-dealkylation sites (tertiary alicyclic amines) is 1. The number of anilines is 1. The van der Waals surface area contributed by atoms with E-state index in [4.69, 9.17) is 14.5 Å². The molecule has 4 heterocycles. The lowest BCUT2D eigenvalue weighted by atomic mass is 10.1. The molecule has 1 aromatic carbocycles. The number of amides is 1. The number of hydrogen-bond acceptors (Lipinski definition) is 7. The number of benzene rings is 1. The molecule has 164 valence electrons. The lowest BCUT2D eigenvalue weighted by molar-refractivity contribution is -0.152. The zero-order valence-electron chi connectivity index (χ0n) is 17.7. The van der Waals surface area contributed by atoms with E-state index in [1.54, 1.807) is 0 Å². The Balaban J connectivity index is 1.22.